The number of hydrogen-bond acceptors (Lipinski definition) is 8. The molecule has 0 aliphatic rings. The van der Waals surface area contributed by atoms with Crippen LogP contribution in [0.1, 0.15) is 12.5 Å². The Hall–Kier alpha value is -3.72. The summed E-state index contributed by atoms with van der Waals surface area (Å²) < 4.78 is 68.6. The van der Waals surface area contributed by atoms with Gasteiger partial charge in [-0.25, -0.2) is 9.59 Å². The monoisotopic (exact) mass is 566 g/mol. The smallest absolute Gasteiger partial charge is 0.463 e. The van der Waals surface area contributed by atoms with Crippen molar-refractivity contribution in [2.24, 2.45) is 10.9 Å². The Balaban J connectivity index is 2.15. The summed E-state index contributed by atoms with van der Waals surface area (Å²) in [7, 11) is -5.84. The Morgan fingerprint density at radius 1 is 1.11 bits per heavy atom. The van der Waals surface area contributed by atoms with E-state index in [-0.39, 0.29) is 18.9 Å². The van der Waals surface area contributed by atoms with Gasteiger partial charge in [-0.1, -0.05) is 28.9 Å². The minimum atomic E-state index is -5.84. The molecule has 2 aromatic carbocycles. The molecule has 0 aliphatic carbocycles. The molecule has 0 heterocycles. The van der Waals surface area contributed by atoms with Crippen molar-refractivity contribution in [3.63, 3.8) is 0 Å². The van der Waals surface area contributed by atoms with Crippen molar-refractivity contribution in [1.29, 1.82) is 0 Å². The number of carbonyl (C=O) groups excluding carboxylic acids is 2. The summed E-state index contributed by atoms with van der Waals surface area (Å²) in [6.45, 7) is 1.18. The molecule has 0 bridgehead atoms. The van der Waals surface area contributed by atoms with E-state index < -0.39 is 46.0 Å². The van der Waals surface area contributed by atoms with Crippen molar-refractivity contribution < 1.29 is 44.9 Å². The maximum absolute atomic E-state index is 12.5. The van der Waals surface area contributed by atoms with Crippen LogP contribution < -0.4 is 20.6 Å². The van der Waals surface area contributed by atoms with Crippen molar-refractivity contribution in [2.45, 2.75) is 24.9 Å². The minimum Gasteiger partial charge on any atom is -0.463 e. The van der Waals surface area contributed by atoms with Gasteiger partial charge >= 0.3 is 27.6 Å². The summed E-state index contributed by atoms with van der Waals surface area (Å²) in [6.07, 6.45) is -0.0571. The quantitative estimate of drug-likeness (QED) is 0.0934. The molecule has 11 nitrogen and oxygen atoms in total. The number of anilines is 1. The number of nitrogens with zero attached hydrogens (tertiary/aromatic N) is 1. The van der Waals surface area contributed by atoms with E-state index in [9.17, 15) is 31.2 Å². The first-order valence-corrected chi connectivity index (χ1v) is 12.1. The van der Waals surface area contributed by atoms with Crippen molar-refractivity contribution in [2.75, 3.05) is 18.5 Å². The zero-order chi connectivity index (χ0) is 27.6. The van der Waals surface area contributed by atoms with Crippen LogP contribution in [0.3, 0.4) is 0 Å². The molecule has 2 amide bonds. The molecule has 0 aromatic heterocycles. The van der Waals surface area contributed by atoms with Crippen molar-refractivity contribution in [1.82, 2.24) is 5.32 Å². The molecular formula is C21H22ClF3N4O7S. The number of amides is 2. The highest BCUT2D eigenvalue weighted by Crippen LogP contribution is 2.27. The number of rotatable bonds is 11. The predicted octanol–water partition coefficient (Wildman–Crippen LogP) is 3.15. The van der Waals surface area contributed by atoms with Crippen LogP contribution in [-0.4, -0.2) is 51.0 Å². The van der Waals surface area contributed by atoms with Crippen LogP contribution in [0.25, 0.3) is 0 Å². The summed E-state index contributed by atoms with van der Waals surface area (Å²) in [5, 5.41) is 9.17. The molecule has 0 aliphatic heterocycles. The lowest BCUT2D eigenvalue weighted by Gasteiger charge is -2.19. The third-order valence-corrected chi connectivity index (χ3v) is 5.51. The second-order valence-electron chi connectivity index (χ2n) is 7.08. The predicted molar refractivity (Wildman–Crippen MR) is 127 cm³/mol. The Bertz CT molecular complexity index is 1210. The molecule has 0 spiro atoms. The fourth-order valence-corrected chi connectivity index (χ4v) is 3.19. The van der Waals surface area contributed by atoms with Gasteiger partial charge < -0.3 is 30.1 Å². The number of benzene rings is 2. The van der Waals surface area contributed by atoms with Crippen molar-refractivity contribution in [3.8, 4) is 5.75 Å². The van der Waals surface area contributed by atoms with E-state index in [1.165, 1.54) is 12.1 Å². The lowest BCUT2D eigenvalue weighted by molar-refractivity contribution is -0.148. The van der Waals surface area contributed by atoms with E-state index in [0.717, 1.165) is 12.1 Å². The minimum absolute atomic E-state index is 0.0571. The average molecular weight is 567 g/mol. The zero-order valence-corrected chi connectivity index (χ0v) is 20.7. The zero-order valence-electron chi connectivity index (χ0n) is 19.1. The van der Waals surface area contributed by atoms with E-state index in [1.54, 1.807) is 31.2 Å². The highest BCUT2D eigenvalue weighted by atomic mass is 35.5. The normalized spacial score (nSPS) is 12.8. The molecule has 2 aromatic rings. The SMILES string of the molecule is CCOC(=O)CO/N=C(\N)[C@H](Cc1ccc(OS(=O)(=O)C(F)(F)F)cc1)NC(=O)Nc1ccc(Cl)cc1. The van der Waals surface area contributed by atoms with E-state index >= 15 is 0 Å². The molecule has 202 valence electrons. The van der Waals surface area contributed by atoms with Crippen LogP contribution in [0.5, 0.6) is 5.75 Å². The Morgan fingerprint density at radius 3 is 2.30 bits per heavy atom. The number of oxime groups is 1. The van der Waals surface area contributed by atoms with E-state index in [2.05, 4.69) is 20.0 Å². The van der Waals surface area contributed by atoms with E-state index in [1.807, 2.05) is 0 Å². The first-order chi connectivity index (χ1) is 17.3. The molecule has 0 fully saturated rings. The van der Waals surface area contributed by atoms with Gasteiger partial charge in [0.2, 0.25) is 6.61 Å². The fourth-order valence-electron chi connectivity index (χ4n) is 2.60. The molecule has 4 N–H and O–H groups in total. The third-order valence-electron chi connectivity index (χ3n) is 4.27. The first kappa shape index (κ1) is 29.5. The molecule has 0 radical (unpaired) electrons. The van der Waals surface area contributed by atoms with Crippen LogP contribution >= 0.6 is 11.6 Å². The molecule has 37 heavy (non-hydrogen) atoms. The van der Waals surface area contributed by atoms with Gasteiger partial charge in [0.15, 0.2) is 5.84 Å². The molecule has 0 saturated carbocycles. The van der Waals surface area contributed by atoms with Gasteiger partial charge in [0.05, 0.1) is 12.6 Å². The summed E-state index contributed by atoms with van der Waals surface area (Å²) in [6, 6.07) is 8.98. The second kappa shape index (κ2) is 13.0. The number of carbonyl (C=O) groups is 2. The standard InChI is InChI=1S/C21H22ClF3N4O7S/c1-2-34-18(30)12-35-29-19(26)17(28-20(31)27-15-7-5-14(22)6-8-15)11-13-3-9-16(10-4-13)36-37(32,33)21(23,24)25/h3-10,17H,2,11-12H2,1H3,(H2,26,29)(H2,27,28,31)/t17-/m0/s1. The number of ether oxygens (including phenoxy) is 1. The van der Waals surface area contributed by atoms with Crippen LogP contribution in [0.4, 0.5) is 23.7 Å². The number of amidine groups is 1. The van der Waals surface area contributed by atoms with Crippen LogP contribution in [0.15, 0.2) is 53.7 Å². The van der Waals surface area contributed by atoms with Gasteiger partial charge in [0, 0.05) is 17.1 Å². The summed E-state index contributed by atoms with van der Waals surface area (Å²) >= 11 is 5.82. The van der Waals surface area contributed by atoms with Gasteiger partial charge in [-0.05, 0) is 48.9 Å². The molecule has 0 saturated heterocycles. The Labute approximate surface area is 214 Å². The van der Waals surface area contributed by atoms with Gasteiger partial charge in [-0.15, -0.1) is 0 Å². The highest BCUT2D eigenvalue weighted by Gasteiger charge is 2.48. The Kier molecular flexibility index (Phi) is 10.4. The fraction of sp³-hybridized carbons (Fsp3) is 0.286. The Morgan fingerprint density at radius 2 is 1.73 bits per heavy atom. The lowest BCUT2D eigenvalue weighted by Crippen LogP contribution is -2.47. The maximum atomic E-state index is 12.5. The summed E-state index contributed by atoms with van der Waals surface area (Å²) in [5.41, 5.74) is 1.15. The second-order valence-corrected chi connectivity index (χ2v) is 9.06. The number of urea groups is 1. The van der Waals surface area contributed by atoms with Gasteiger partial charge in [0.1, 0.15) is 5.75 Å². The van der Waals surface area contributed by atoms with Crippen molar-refractivity contribution >= 4 is 45.2 Å². The topological polar surface area (TPSA) is 158 Å². The van der Waals surface area contributed by atoms with Crippen LogP contribution in [-0.2, 0) is 30.9 Å². The number of halogens is 4. The number of nitrogens with two attached hydrogens (primary N) is 1. The van der Waals surface area contributed by atoms with Crippen molar-refractivity contribution in [3.05, 3.63) is 59.1 Å². The van der Waals surface area contributed by atoms with Crippen LogP contribution in [0, 0.1) is 0 Å². The number of alkyl halides is 3. The average Bonchev–Trinajstić information content (AvgIpc) is 2.80. The van der Waals surface area contributed by atoms with Gasteiger partial charge in [-0.3, -0.25) is 0 Å². The molecule has 1 atom stereocenters. The van der Waals surface area contributed by atoms with Crippen LogP contribution in [0.2, 0.25) is 5.02 Å². The van der Waals surface area contributed by atoms with Gasteiger partial charge in [-0.2, -0.15) is 21.6 Å². The lowest BCUT2D eigenvalue weighted by atomic mass is 10.1. The number of hydrogen-bond donors (Lipinski definition) is 3. The molecule has 0 unspecified atom stereocenters. The third kappa shape index (κ3) is 9.69. The highest BCUT2D eigenvalue weighted by molar-refractivity contribution is 7.88. The molecule has 16 heteroatoms. The maximum Gasteiger partial charge on any atom is 0.534 e. The molecule has 2 rings (SSSR count). The molecular weight excluding hydrogens is 545 g/mol. The van der Waals surface area contributed by atoms with E-state index in [4.69, 9.17) is 26.9 Å². The van der Waals surface area contributed by atoms with E-state index in [0.29, 0.717) is 16.3 Å². The first-order valence-electron chi connectivity index (χ1n) is 10.3. The van der Waals surface area contributed by atoms with Gasteiger partial charge in [0.25, 0.3) is 0 Å². The summed E-state index contributed by atoms with van der Waals surface area (Å²) in [4.78, 5) is 28.8. The summed E-state index contributed by atoms with van der Waals surface area (Å²) in [5.74, 6) is -1.53. The largest absolute Gasteiger partial charge is 0.534 e. The number of esters is 1. The number of nitrogens with one attached hydrogen (secondary N) is 2.